The van der Waals surface area contributed by atoms with Crippen LogP contribution in [0.1, 0.15) is 28.8 Å². The first-order chi connectivity index (χ1) is 9.13. The van der Waals surface area contributed by atoms with Gasteiger partial charge in [0.25, 0.3) is 0 Å². The molecule has 1 amide bonds. The Morgan fingerprint density at radius 1 is 1.26 bits per heavy atom. The van der Waals surface area contributed by atoms with Crippen LogP contribution >= 0.6 is 0 Å². The predicted molar refractivity (Wildman–Crippen MR) is 77.3 cm³/mol. The Hall–Kier alpha value is -1.81. The fourth-order valence-corrected chi connectivity index (χ4v) is 2.56. The zero-order valence-electron chi connectivity index (χ0n) is 11.1. The van der Waals surface area contributed by atoms with E-state index in [-0.39, 0.29) is 0 Å². The van der Waals surface area contributed by atoms with Crippen molar-refractivity contribution in [3.05, 3.63) is 42.0 Å². The van der Waals surface area contributed by atoms with E-state index in [0.717, 1.165) is 43.7 Å². The molecule has 0 unspecified atom stereocenters. The van der Waals surface area contributed by atoms with E-state index in [1.54, 1.807) is 6.07 Å². The molecule has 1 aliphatic heterocycles. The quantitative estimate of drug-likeness (QED) is 0.859. The normalized spacial score (nSPS) is 16.4. The monoisotopic (exact) mass is 259 g/mol. The van der Waals surface area contributed by atoms with E-state index in [2.05, 4.69) is 11.5 Å². The number of likely N-dealkylation sites (tertiary alicyclic amines) is 1. The average Bonchev–Trinajstić information content (AvgIpc) is 2.46. The number of rotatable bonds is 4. The van der Waals surface area contributed by atoms with Gasteiger partial charge in [0.15, 0.2) is 0 Å². The van der Waals surface area contributed by atoms with Crippen molar-refractivity contribution < 1.29 is 4.79 Å². The van der Waals surface area contributed by atoms with Crippen LogP contribution in [0.5, 0.6) is 0 Å². The molecule has 19 heavy (non-hydrogen) atoms. The Balaban J connectivity index is 2.15. The number of carbonyl (C=O) groups is 1. The highest BCUT2D eigenvalue weighted by Gasteiger charge is 2.21. The number of benzene rings is 1. The molecule has 0 atom stereocenters. The maximum Gasteiger partial charge on any atom is 0.249 e. The Kier molecular flexibility index (Phi) is 4.22. The maximum atomic E-state index is 11.5. The van der Waals surface area contributed by atoms with Crippen LogP contribution in [0.15, 0.2) is 30.8 Å². The lowest BCUT2D eigenvalue weighted by atomic mass is 9.95. The highest BCUT2D eigenvalue weighted by atomic mass is 16.1. The number of amides is 1. The minimum atomic E-state index is -0.409. The molecule has 102 valence electrons. The summed E-state index contributed by atoms with van der Waals surface area (Å²) < 4.78 is 0. The fourth-order valence-electron chi connectivity index (χ4n) is 2.56. The first-order valence-electron chi connectivity index (χ1n) is 6.66. The summed E-state index contributed by atoms with van der Waals surface area (Å²) in [5.74, 6) is 0.198. The van der Waals surface area contributed by atoms with Crippen LogP contribution in [0.4, 0.5) is 0 Å². The molecule has 2 rings (SSSR count). The molecule has 1 aromatic rings. The van der Waals surface area contributed by atoms with Gasteiger partial charge in [0.05, 0.1) is 0 Å². The number of nitrogens with zero attached hydrogens (tertiary/aromatic N) is 1. The second kappa shape index (κ2) is 5.89. The lowest BCUT2D eigenvalue weighted by Gasteiger charge is -2.34. The van der Waals surface area contributed by atoms with E-state index < -0.39 is 5.91 Å². The molecule has 1 heterocycles. The molecule has 1 aromatic carbocycles. The molecule has 0 saturated carbocycles. The molecule has 0 bridgehead atoms. The standard InChI is InChI=1S/C15H21N3O/c1-11(18-8-6-12(10-16)7-9-18)13-4-2-3-5-14(13)15(17)19/h2-5,12H,1,6-10,16H2,(H2,17,19). The molecule has 4 heteroatoms. The zero-order valence-corrected chi connectivity index (χ0v) is 11.1. The van der Waals surface area contributed by atoms with E-state index in [4.69, 9.17) is 11.5 Å². The van der Waals surface area contributed by atoms with Crippen molar-refractivity contribution in [1.29, 1.82) is 0 Å². The predicted octanol–water partition coefficient (Wildman–Crippen LogP) is 1.43. The second-order valence-electron chi connectivity index (χ2n) is 5.02. The number of nitrogens with two attached hydrogens (primary N) is 2. The van der Waals surface area contributed by atoms with Gasteiger partial charge in [-0.1, -0.05) is 24.8 Å². The van der Waals surface area contributed by atoms with Crippen molar-refractivity contribution in [1.82, 2.24) is 4.90 Å². The van der Waals surface area contributed by atoms with Crippen molar-refractivity contribution in [3.63, 3.8) is 0 Å². The molecular weight excluding hydrogens is 238 g/mol. The highest BCUT2D eigenvalue weighted by molar-refractivity contribution is 5.97. The summed E-state index contributed by atoms with van der Waals surface area (Å²) in [4.78, 5) is 13.7. The molecule has 1 fully saturated rings. The molecule has 0 aromatic heterocycles. The van der Waals surface area contributed by atoms with Crippen molar-refractivity contribution in [3.8, 4) is 0 Å². The van der Waals surface area contributed by atoms with Crippen LogP contribution in [-0.2, 0) is 0 Å². The van der Waals surface area contributed by atoms with E-state index in [9.17, 15) is 4.79 Å². The topological polar surface area (TPSA) is 72.4 Å². The Morgan fingerprint density at radius 3 is 2.37 bits per heavy atom. The van der Waals surface area contributed by atoms with E-state index in [1.807, 2.05) is 18.2 Å². The van der Waals surface area contributed by atoms with Gasteiger partial charge in [-0.3, -0.25) is 4.79 Å². The fraction of sp³-hybridized carbons (Fsp3) is 0.400. The zero-order chi connectivity index (χ0) is 13.8. The number of carbonyl (C=O) groups excluding carboxylic acids is 1. The Bertz CT molecular complexity index is 476. The van der Waals surface area contributed by atoms with Crippen LogP contribution in [0.3, 0.4) is 0 Å². The summed E-state index contributed by atoms with van der Waals surface area (Å²) in [6, 6.07) is 7.37. The second-order valence-corrected chi connectivity index (χ2v) is 5.02. The smallest absolute Gasteiger partial charge is 0.249 e. The number of hydrogen-bond donors (Lipinski definition) is 2. The van der Waals surface area contributed by atoms with Crippen molar-refractivity contribution in [2.75, 3.05) is 19.6 Å². The minimum absolute atomic E-state index is 0.409. The lowest BCUT2D eigenvalue weighted by molar-refractivity contribution is 0.0999. The van der Waals surface area contributed by atoms with Crippen LogP contribution < -0.4 is 11.5 Å². The number of hydrogen-bond acceptors (Lipinski definition) is 3. The number of primary amides is 1. The van der Waals surface area contributed by atoms with Gasteiger partial charge < -0.3 is 16.4 Å². The van der Waals surface area contributed by atoms with E-state index in [1.165, 1.54) is 0 Å². The summed E-state index contributed by atoms with van der Waals surface area (Å²) in [6.07, 6.45) is 2.16. The first-order valence-corrected chi connectivity index (χ1v) is 6.66. The van der Waals surface area contributed by atoms with Gasteiger partial charge >= 0.3 is 0 Å². The first kappa shape index (κ1) is 13.6. The van der Waals surface area contributed by atoms with E-state index in [0.29, 0.717) is 11.5 Å². The Labute approximate surface area is 114 Å². The van der Waals surface area contributed by atoms with Gasteiger partial charge in [-0.05, 0) is 31.4 Å². The van der Waals surface area contributed by atoms with E-state index >= 15 is 0 Å². The minimum Gasteiger partial charge on any atom is -0.371 e. The summed E-state index contributed by atoms with van der Waals surface area (Å²) in [6.45, 7) is 6.75. The maximum absolute atomic E-state index is 11.5. The molecule has 0 aliphatic carbocycles. The number of piperidine rings is 1. The van der Waals surface area contributed by atoms with Gasteiger partial charge in [-0.2, -0.15) is 0 Å². The van der Waals surface area contributed by atoms with Gasteiger partial charge in [0, 0.05) is 29.9 Å². The third-order valence-corrected chi connectivity index (χ3v) is 3.83. The lowest BCUT2D eigenvalue weighted by Crippen LogP contribution is -2.35. The molecule has 0 radical (unpaired) electrons. The summed E-state index contributed by atoms with van der Waals surface area (Å²) in [5.41, 5.74) is 13.4. The Morgan fingerprint density at radius 2 is 1.84 bits per heavy atom. The van der Waals surface area contributed by atoms with Crippen molar-refractivity contribution in [2.45, 2.75) is 12.8 Å². The largest absolute Gasteiger partial charge is 0.371 e. The van der Waals surface area contributed by atoms with Gasteiger partial charge in [0.1, 0.15) is 0 Å². The molecule has 4 nitrogen and oxygen atoms in total. The van der Waals surface area contributed by atoms with Gasteiger partial charge in [-0.25, -0.2) is 0 Å². The van der Waals surface area contributed by atoms with Crippen LogP contribution in [0, 0.1) is 5.92 Å². The molecule has 4 N–H and O–H groups in total. The molecule has 1 aliphatic rings. The molecular formula is C15H21N3O. The highest BCUT2D eigenvalue weighted by Crippen LogP contribution is 2.26. The molecule has 1 saturated heterocycles. The van der Waals surface area contributed by atoms with Crippen molar-refractivity contribution >= 4 is 11.6 Å². The summed E-state index contributed by atoms with van der Waals surface area (Å²) in [7, 11) is 0. The van der Waals surface area contributed by atoms with Crippen LogP contribution in [0.2, 0.25) is 0 Å². The summed E-state index contributed by atoms with van der Waals surface area (Å²) >= 11 is 0. The van der Waals surface area contributed by atoms with Crippen LogP contribution in [-0.4, -0.2) is 30.4 Å². The van der Waals surface area contributed by atoms with Gasteiger partial charge in [0.2, 0.25) is 5.91 Å². The SMILES string of the molecule is C=C(c1ccccc1C(N)=O)N1CCC(CN)CC1. The summed E-state index contributed by atoms with van der Waals surface area (Å²) in [5, 5.41) is 0. The third kappa shape index (κ3) is 2.96. The van der Waals surface area contributed by atoms with Crippen LogP contribution in [0.25, 0.3) is 5.70 Å². The third-order valence-electron chi connectivity index (χ3n) is 3.83. The molecule has 0 spiro atoms. The van der Waals surface area contributed by atoms with Crippen molar-refractivity contribution in [2.24, 2.45) is 17.4 Å². The van der Waals surface area contributed by atoms with Gasteiger partial charge in [-0.15, -0.1) is 0 Å². The average molecular weight is 259 g/mol.